The van der Waals surface area contributed by atoms with Gasteiger partial charge in [-0.05, 0) is 62.1 Å². The summed E-state index contributed by atoms with van der Waals surface area (Å²) in [5.74, 6) is 0.843. The zero-order valence-electron chi connectivity index (χ0n) is 17.2. The summed E-state index contributed by atoms with van der Waals surface area (Å²) < 4.78 is 10.4. The van der Waals surface area contributed by atoms with Gasteiger partial charge in [-0.2, -0.15) is 0 Å². The number of carbonyl (C=O) groups excluding carboxylic acids is 2. The Morgan fingerprint density at radius 1 is 1.23 bits per heavy atom. The fourth-order valence-corrected chi connectivity index (χ4v) is 4.13. The Bertz CT molecular complexity index is 752. The summed E-state index contributed by atoms with van der Waals surface area (Å²) >= 11 is 0.884. The quantitative estimate of drug-likeness (QED) is 0.355. The minimum atomic E-state index is -0.383. The van der Waals surface area contributed by atoms with Crippen LogP contribution in [0.4, 0.5) is 10.7 Å². The molecule has 1 saturated heterocycles. The fraction of sp³-hybridized carbons (Fsp3) is 0.600. The number of amides is 2. The van der Waals surface area contributed by atoms with E-state index in [-0.39, 0.29) is 11.1 Å². The van der Waals surface area contributed by atoms with Crippen LogP contribution in [0.15, 0.2) is 17.2 Å². The molecule has 9 nitrogen and oxygen atoms in total. The minimum absolute atomic E-state index is 0.340. The Balaban J connectivity index is 1.37. The van der Waals surface area contributed by atoms with Gasteiger partial charge in [0.25, 0.3) is 11.1 Å². The molecule has 10 heteroatoms. The molecule has 1 aliphatic heterocycles. The van der Waals surface area contributed by atoms with Gasteiger partial charge in [0.15, 0.2) is 0 Å². The minimum Gasteiger partial charge on any atom is -0.382 e. The number of nitrogens with zero attached hydrogens (tertiary/aromatic N) is 2. The summed E-state index contributed by atoms with van der Waals surface area (Å²) in [6.45, 7) is 3.85. The molecule has 30 heavy (non-hydrogen) atoms. The van der Waals surface area contributed by atoms with Crippen LogP contribution in [-0.2, 0) is 14.3 Å². The van der Waals surface area contributed by atoms with E-state index in [1.165, 1.54) is 0 Å². The molecule has 1 saturated carbocycles. The molecule has 0 radical (unpaired) electrons. The number of ether oxygens (including phenoxy) is 2. The van der Waals surface area contributed by atoms with Crippen LogP contribution >= 0.6 is 11.8 Å². The molecule has 1 aliphatic carbocycles. The first-order valence-electron chi connectivity index (χ1n) is 10.3. The van der Waals surface area contributed by atoms with Gasteiger partial charge in [-0.3, -0.25) is 14.9 Å². The maximum atomic E-state index is 11.7. The lowest BCUT2D eigenvalue weighted by Gasteiger charge is -2.29. The van der Waals surface area contributed by atoms with Crippen molar-refractivity contribution in [3.05, 3.63) is 22.9 Å². The smallest absolute Gasteiger partial charge is 0.290 e. The predicted octanol–water partition coefficient (Wildman–Crippen LogP) is 2.02. The van der Waals surface area contributed by atoms with Crippen LogP contribution < -0.4 is 16.0 Å². The van der Waals surface area contributed by atoms with Gasteiger partial charge in [-0.15, -0.1) is 0 Å². The first kappa shape index (κ1) is 22.7. The highest BCUT2D eigenvalue weighted by Gasteiger charge is 2.25. The molecule has 2 heterocycles. The second-order valence-electron chi connectivity index (χ2n) is 7.33. The van der Waals surface area contributed by atoms with Crippen LogP contribution in [0.3, 0.4) is 0 Å². The number of nitrogens with one attached hydrogen (secondary N) is 3. The largest absolute Gasteiger partial charge is 0.382 e. The Labute approximate surface area is 180 Å². The molecule has 0 aromatic carbocycles. The highest BCUT2D eigenvalue weighted by atomic mass is 32.2. The van der Waals surface area contributed by atoms with Crippen molar-refractivity contribution in [2.75, 3.05) is 45.3 Å². The van der Waals surface area contributed by atoms with Gasteiger partial charge in [0.05, 0.1) is 30.4 Å². The van der Waals surface area contributed by atoms with E-state index in [1.54, 1.807) is 25.4 Å². The molecule has 2 amide bonds. The first-order valence-corrected chi connectivity index (χ1v) is 11.1. The Hall–Kier alpha value is -2.01. The molecule has 164 valence electrons. The van der Waals surface area contributed by atoms with Gasteiger partial charge in [0.1, 0.15) is 0 Å². The van der Waals surface area contributed by atoms with Gasteiger partial charge in [-0.25, -0.2) is 9.97 Å². The Kier molecular flexibility index (Phi) is 9.06. The number of hydrogen-bond acceptors (Lipinski definition) is 9. The number of carbonyl (C=O) groups is 2. The van der Waals surface area contributed by atoms with Gasteiger partial charge < -0.3 is 20.1 Å². The van der Waals surface area contributed by atoms with E-state index in [4.69, 9.17) is 9.47 Å². The average Bonchev–Trinajstić information content (AvgIpc) is 3.05. The van der Waals surface area contributed by atoms with Crippen molar-refractivity contribution in [1.29, 1.82) is 0 Å². The third kappa shape index (κ3) is 7.35. The lowest BCUT2D eigenvalue weighted by atomic mass is 9.86. The number of thioether (sulfide) groups is 1. The summed E-state index contributed by atoms with van der Waals surface area (Å²) in [7, 11) is 1.67. The molecule has 0 unspecified atom stereocenters. The molecule has 0 spiro atoms. The zero-order chi connectivity index (χ0) is 21.2. The van der Waals surface area contributed by atoms with E-state index in [9.17, 15) is 9.59 Å². The Morgan fingerprint density at radius 3 is 2.80 bits per heavy atom. The highest BCUT2D eigenvalue weighted by molar-refractivity contribution is 8.18. The van der Waals surface area contributed by atoms with Crippen LogP contribution in [0, 0.1) is 5.92 Å². The van der Waals surface area contributed by atoms with Crippen molar-refractivity contribution < 1.29 is 19.1 Å². The molecule has 1 aromatic rings. The summed E-state index contributed by atoms with van der Waals surface area (Å²) in [4.78, 5) is 32.1. The van der Waals surface area contributed by atoms with Crippen LogP contribution in [0.5, 0.6) is 0 Å². The van der Waals surface area contributed by atoms with E-state index in [0.29, 0.717) is 48.3 Å². The number of hydrogen-bond donors (Lipinski definition) is 3. The third-order valence-corrected chi connectivity index (χ3v) is 5.88. The monoisotopic (exact) mass is 435 g/mol. The van der Waals surface area contributed by atoms with Crippen molar-refractivity contribution >= 4 is 34.9 Å². The van der Waals surface area contributed by atoms with Crippen molar-refractivity contribution in [3.63, 3.8) is 0 Å². The summed E-state index contributed by atoms with van der Waals surface area (Å²) in [5.41, 5.74) is 0.602. The second kappa shape index (κ2) is 12.0. The third-order valence-electron chi connectivity index (χ3n) is 5.07. The summed E-state index contributed by atoms with van der Waals surface area (Å²) in [6.07, 6.45) is 7.70. The maximum Gasteiger partial charge on any atom is 0.290 e. The highest BCUT2D eigenvalue weighted by Crippen LogP contribution is 2.27. The van der Waals surface area contributed by atoms with Crippen molar-refractivity contribution in [2.24, 2.45) is 5.92 Å². The van der Waals surface area contributed by atoms with Gasteiger partial charge in [0, 0.05) is 25.9 Å². The standard InChI is InChI=1S/C20H29N5O4S/c1-28-10-11-29-9-8-21-13-14-2-4-15(5-3-14)23-19-22-7-6-16(24-19)12-17-18(26)25-20(27)30-17/h6-7,12,14-15,21H,2-5,8-11,13H2,1H3,(H,22,23,24)(H,25,26,27)/b17-12-/t14-,15-. The van der Waals surface area contributed by atoms with E-state index in [2.05, 4.69) is 25.9 Å². The van der Waals surface area contributed by atoms with Gasteiger partial charge >= 0.3 is 0 Å². The van der Waals surface area contributed by atoms with Crippen LogP contribution in [-0.4, -0.2) is 67.2 Å². The van der Waals surface area contributed by atoms with E-state index in [0.717, 1.165) is 50.5 Å². The molecule has 2 aliphatic rings. The topological polar surface area (TPSA) is 114 Å². The van der Waals surface area contributed by atoms with Gasteiger partial charge in [0.2, 0.25) is 5.95 Å². The lowest BCUT2D eigenvalue weighted by molar-refractivity contribution is -0.115. The summed E-state index contributed by atoms with van der Waals surface area (Å²) in [5, 5.41) is 8.76. The van der Waals surface area contributed by atoms with Crippen molar-refractivity contribution in [2.45, 2.75) is 31.7 Å². The average molecular weight is 436 g/mol. The number of imide groups is 1. The molecule has 2 fully saturated rings. The molecular formula is C20H29N5O4S. The number of anilines is 1. The zero-order valence-corrected chi connectivity index (χ0v) is 18.0. The summed E-state index contributed by atoms with van der Waals surface area (Å²) in [6, 6.07) is 2.06. The second-order valence-corrected chi connectivity index (χ2v) is 8.34. The van der Waals surface area contributed by atoms with Crippen LogP contribution in [0.1, 0.15) is 31.4 Å². The molecule has 3 rings (SSSR count). The maximum absolute atomic E-state index is 11.7. The molecule has 1 aromatic heterocycles. The van der Waals surface area contributed by atoms with E-state index >= 15 is 0 Å². The first-order chi connectivity index (χ1) is 14.6. The Morgan fingerprint density at radius 2 is 2.07 bits per heavy atom. The lowest BCUT2D eigenvalue weighted by Crippen LogP contribution is -2.33. The van der Waals surface area contributed by atoms with Gasteiger partial charge in [-0.1, -0.05) is 0 Å². The van der Waals surface area contributed by atoms with Crippen LogP contribution in [0.25, 0.3) is 6.08 Å². The normalized spacial score (nSPS) is 23.0. The van der Waals surface area contributed by atoms with Crippen molar-refractivity contribution in [3.8, 4) is 0 Å². The number of aromatic nitrogens is 2. The molecule has 3 N–H and O–H groups in total. The van der Waals surface area contributed by atoms with E-state index in [1.807, 2.05) is 0 Å². The number of rotatable bonds is 11. The van der Waals surface area contributed by atoms with Crippen molar-refractivity contribution in [1.82, 2.24) is 20.6 Å². The molecule has 0 bridgehead atoms. The SMILES string of the molecule is COCCOCCNC[C@H]1CC[C@H](Nc2nccc(/C=C3\SC(=O)NC3=O)n2)CC1. The molecular weight excluding hydrogens is 406 g/mol. The number of methoxy groups -OCH3 is 1. The molecule has 0 atom stereocenters. The van der Waals surface area contributed by atoms with Crippen LogP contribution in [0.2, 0.25) is 0 Å². The fourth-order valence-electron chi connectivity index (χ4n) is 3.47. The predicted molar refractivity (Wildman–Crippen MR) is 116 cm³/mol. The van der Waals surface area contributed by atoms with E-state index < -0.39 is 0 Å².